The maximum absolute atomic E-state index is 16.6. The summed E-state index contributed by atoms with van der Waals surface area (Å²) in [5, 5.41) is 9.94. The van der Waals surface area contributed by atoms with Crippen molar-refractivity contribution in [1.29, 1.82) is 0 Å². The molecule has 4 aromatic rings. The van der Waals surface area contributed by atoms with E-state index in [9.17, 15) is 19.5 Å². The number of aliphatic hydroxyl groups is 1. The Labute approximate surface area is 315 Å². The fourth-order valence-electron chi connectivity index (χ4n) is 8.85. The molecule has 1 spiro atoms. The highest BCUT2D eigenvalue weighted by Gasteiger charge is 2.67. The summed E-state index contributed by atoms with van der Waals surface area (Å²) in [6.45, 7) is 5.55. The van der Waals surface area contributed by atoms with Crippen molar-refractivity contribution in [3.8, 4) is 0 Å². The van der Waals surface area contributed by atoms with Gasteiger partial charge in [0.2, 0.25) is 27.1 Å². The number of carbonyl (C=O) groups excluding carboxylic acids is 4. The summed E-state index contributed by atoms with van der Waals surface area (Å²) in [4.78, 5) is 59.9. The first-order valence-electron chi connectivity index (χ1n) is 18.4. The fourth-order valence-corrected chi connectivity index (χ4v) is 11.3. The van der Waals surface area contributed by atoms with E-state index in [1.54, 1.807) is 41.1 Å². The molecule has 3 aliphatic heterocycles. The number of aliphatic hydroxyl groups excluding tert-OH is 1. The second-order valence-electron chi connectivity index (χ2n) is 14.9. The Morgan fingerprint density at radius 1 is 0.907 bits per heavy atom. The van der Waals surface area contributed by atoms with Gasteiger partial charge in [-0.1, -0.05) is 55.5 Å². The Bertz CT molecular complexity index is 2010. The number of anilines is 5. The molecule has 7 rings (SSSR count). The molecule has 0 bridgehead atoms. The number of amides is 4. The zero-order chi connectivity index (χ0) is 38.2. The topological polar surface area (TPSA) is 111 Å². The lowest BCUT2D eigenvalue weighted by molar-refractivity contribution is -0.150. The number of carbonyl (C=O) groups is 4. The van der Waals surface area contributed by atoms with Gasteiger partial charge in [0, 0.05) is 46.3 Å². The highest BCUT2D eigenvalue weighted by molar-refractivity contribution is 6.72. The van der Waals surface area contributed by atoms with Gasteiger partial charge >= 0.3 is 0 Å². The highest BCUT2D eigenvalue weighted by atomic mass is 28.4. The number of nitrogens with zero attached hydrogens (tertiary/aromatic N) is 4. The quantitative estimate of drug-likeness (QED) is 0.0953. The zero-order valence-corrected chi connectivity index (χ0v) is 31.7. The fraction of sp³-hybridized carbons (Fsp3) is 0.333. The predicted octanol–water partition coefficient (Wildman–Crippen LogP) is 6.97. The van der Waals surface area contributed by atoms with Crippen LogP contribution in [-0.4, -0.2) is 68.3 Å². The van der Waals surface area contributed by atoms with Gasteiger partial charge in [-0.3, -0.25) is 29.0 Å². The smallest absolute Gasteiger partial charge is 0.264 e. The summed E-state index contributed by atoms with van der Waals surface area (Å²) < 4.78 is 23.5. The average Bonchev–Trinajstić information content (AvgIpc) is 3.84. The summed E-state index contributed by atoms with van der Waals surface area (Å²) in [6, 6.07) is 30.8. The van der Waals surface area contributed by atoms with Crippen LogP contribution < -0.4 is 14.7 Å². The van der Waals surface area contributed by atoms with Gasteiger partial charge in [0.25, 0.3) is 5.91 Å². The Morgan fingerprint density at radius 3 is 2.06 bits per heavy atom. The number of ether oxygens (including phenoxy) is 1. The van der Waals surface area contributed by atoms with E-state index < -0.39 is 31.6 Å². The van der Waals surface area contributed by atoms with E-state index in [0.29, 0.717) is 53.4 Å². The minimum atomic E-state index is -3.58. The molecule has 2 fully saturated rings. The van der Waals surface area contributed by atoms with Crippen molar-refractivity contribution in [1.82, 2.24) is 4.90 Å². The Morgan fingerprint density at radius 2 is 1.48 bits per heavy atom. The second-order valence-corrected chi connectivity index (χ2v) is 18.7. The molecule has 0 aliphatic carbocycles. The highest BCUT2D eigenvalue weighted by Crippen LogP contribution is 2.61. The molecule has 0 unspecified atom stereocenters. The lowest BCUT2D eigenvalue weighted by atomic mass is 9.82. The third-order valence-corrected chi connectivity index (χ3v) is 13.8. The molecular weight excluding hydrogens is 704 g/mol. The molecule has 4 aromatic carbocycles. The largest absolute Gasteiger partial charge is 0.394 e. The summed E-state index contributed by atoms with van der Waals surface area (Å²) in [5.74, 6) is -1.25. The van der Waals surface area contributed by atoms with Gasteiger partial charge in [-0.05, 0) is 86.1 Å². The molecule has 0 aromatic heterocycles. The maximum atomic E-state index is 16.6. The maximum Gasteiger partial charge on any atom is 0.264 e. The van der Waals surface area contributed by atoms with Gasteiger partial charge in [-0.25, -0.2) is 0 Å². The van der Waals surface area contributed by atoms with Crippen molar-refractivity contribution in [3.63, 3.8) is 0 Å². The summed E-state index contributed by atoms with van der Waals surface area (Å²) in [6.07, 6.45) is 1.93. The summed E-state index contributed by atoms with van der Waals surface area (Å²) >= 11 is 0. The van der Waals surface area contributed by atoms with Gasteiger partial charge in [0.1, 0.15) is 0 Å². The van der Waals surface area contributed by atoms with Crippen molar-refractivity contribution in [3.05, 3.63) is 114 Å². The molecule has 54 heavy (non-hydrogen) atoms. The van der Waals surface area contributed by atoms with E-state index in [1.807, 2.05) is 91.9 Å². The van der Waals surface area contributed by atoms with Crippen LogP contribution >= 0.6 is 0 Å². The van der Waals surface area contributed by atoms with E-state index in [1.165, 1.54) is 9.80 Å². The molecule has 1 N–H and O–H groups in total. The van der Waals surface area contributed by atoms with Crippen molar-refractivity contribution in [2.45, 2.75) is 69.1 Å². The zero-order valence-electron chi connectivity index (χ0n) is 30.7. The van der Waals surface area contributed by atoms with Crippen molar-refractivity contribution < 1.29 is 33.1 Å². The molecule has 12 heteroatoms. The molecule has 3 aliphatic rings. The molecule has 0 saturated carbocycles. The summed E-state index contributed by atoms with van der Waals surface area (Å²) in [5.41, 5.74) is 2.04. The normalized spacial score (nSPS) is 23.5. The van der Waals surface area contributed by atoms with Crippen molar-refractivity contribution >= 4 is 61.5 Å². The number of halogens is 1. The lowest BCUT2D eigenvalue weighted by Crippen LogP contribution is -2.45. The molecule has 3 heterocycles. The third-order valence-electron chi connectivity index (χ3n) is 11.3. The van der Waals surface area contributed by atoms with Crippen LogP contribution in [0.5, 0.6) is 0 Å². The van der Waals surface area contributed by atoms with E-state index in [0.717, 1.165) is 18.4 Å². The van der Waals surface area contributed by atoms with Crippen LogP contribution in [0.3, 0.4) is 0 Å². The molecule has 0 radical (unpaired) electrons. The first-order valence-corrected chi connectivity index (χ1v) is 21.4. The lowest BCUT2D eigenvalue weighted by Gasteiger charge is -2.31. The van der Waals surface area contributed by atoms with Crippen LogP contribution in [0.25, 0.3) is 0 Å². The van der Waals surface area contributed by atoms with Crippen LogP contribution in [0.2, 0.25) is 18.6 Å². The number of hydrogen-bond donors (Lipinski definition) is 1. The van der Waals surface area contributed by atoms with Crippen LogP contribution in [0.15, 0.2) is 103 Å². The Hall–Kier alpha value is -5.17. The van der Waals surface area contributed by atoms with Crippen molar-refractivity contribution in [2.24, 2.45) is 5.92 Å². The van der Waals surface area contributed by atoms with Crippen LogP contribution in [-0.2, 0) is 36.1 Å². The second kappa shape index (κ2) is 14.9. The first-order chi connectivity index (χ1) is 26.0. The molecule has 280 valence electrons. The van der Waals surface area contributed by atoms with Gasteiger partial charge in [-0.2, -0.15) is 0 Å². The minimum absolute atomic E-state index is 0.115. The van der Waals surface area contributed by atoms with E-state index >= 15 is 8.90 Å². The monoisotopic (exact) mass is 748 g/mol. The molecule has 4 amide bonds. The van der Waals surface area contributed by atoms with E-state index in [2.05, 4.69) is 0 Å². The number of hydrogen-bond acceptors (Lipinski definition) is 6. The average molecular weight is 749 g/mol. The summed E-state index contributed by atoms with van der Waals surface area (Å²) in [7, 11) is -3.58. The Balaban J connectivity index is 1.28. The van der Waals surface area contributed by atoms with Gasteiger partial charge in [0.05, 0.1) is 37.4 Å². The standard InChI is InChI=1S/C42H45FN4O6Si/c1-29-40(54(2,3)43)38(24-39(51)44-22-10-15-35(44)26-48)53-42(29)36-23-34(47(28-50)32-13-8-5-9-14-32)20-21-37(36)45(41(42)52)25-30-16-18-33(19-17-30)46(27-49)31-11-6-4-7-12-31/h4-9,11-14,16-21,23,27-29,35,38,40,48H,10,15,22,24-26H2,1-3H3/t29-,35-,38+,40-,42+/m0/s1. The SMILES string of the molecule is C[C@H]1[C@H]([Si](C)(C)F)[C@@H](CC(=O)N2CCC[C@H]2CO)O[C@]12C(=O)N(Cc1ccc(N(C=O)c3ccccc3)cc1)c1ccc(N(C=O)c3ccccc3)cc12. The number of rotatable bonds is 12. The van der Waals surface area contributed by atoms with E-state index in [4.69, 9.17) is 4.74 Å². The van der Waals surface area contributed by atoms with E-state index in [-0.39, 0.29) is 37.4 Å². The van der Waals surface area contributed by atoms with Gasteiger partial charge in [0.15, 0.2) is 5.60 Å². The van der Waals surface area contributed by atoms with Gasteiger partial charge in [-0.15, -0.1) is 0 Å². The molecule has 5 atom stereocenters. The van der Waals surface area contributed by atoms with Crippen molar-refractivity contribution in [2.75, 3.05) is 27.9 Å². The number of para-hydroxylation sites is 2. The van der Waals surface area contributed by atoms with Crippen LogP contribution in [0.4, 0.5) is 32.5 Å². The minimum Gasteiger partial charge on any atom is -0.394 e. The number of fused-ring (bicyclic) bond motifs is 2. The first kappa shape index (κ1) is 37.2. The third kappa shape index (κ3) is 6.52. The molecule has 2 saturated heterocycles. The number of benzene rings is 4. The van der Waals surface area contributed by atoms with Crippen LogP contribution in [0.1, 0.15) is 37.3 Å². The molecular formula is C42H45FN4O6Si. The predicted molar refractivity (Wildman–Crippen MR) is 208 cm³/mol. The number of likely N-dealkylation sites (tertiary alicyclic amines) is 1. The molecule has 10 nitrogen and oxygen atoms in total. The van der Waals surface area contributed by atoms with Gasteiger partial charge < -0.3 is 23.8 Å². The van der Waals surface area contributed by atoms with Crippen LogP contribution in [0, 0.1) is 5.92 Å². The Kier molecular flexibility index (Phi) is 10.3.